The monoisotopic (exact) mass is 305 g/mol. The van der Waals surface area contributed by atoms with Crippen molar-refractivity contribution in [2.75, 3.05) is 38.6 Å². The zero-order valence-corrected chi connectivity index (χ0v) is 13.9. The summed E-state index contributed by atoms with van der Waals surface area (Å²) >= 11 is 0. The number of likely N-dealkylation sites (N-methyl/N-ethyl adjacent to an activating group) is 1. The fraction of sp³-hybridized carbons (Fsp3) is 0.688. The van der Waals surface area contributed by atoms with Gasteiger partial charge in [0.15, 0.2) is 0 Å². The lowest BCUT2D eigenvalue weighted by Crippen LogP contribution is -2.40. The maximum absolute atomic E-state index is 12.2. The van der Waals surface area contributed by atoms with E-state index < -0.39 is 0 Å². The van der Waals surface area contributed by atoms with Crippen molar-refractivity contribution in [1.82, 2.24) is 20.2 Å². The summed E-state index contributed by atoms with van der Waals surface area (Å²) in [7, 11) is 3.96. The van der Waals surface area contributed by atoms with Crippen LogP contribution in [0.3, 0.4) is 0 Å². The van der Waals surface area contributed by atoms with Crippen LogP contribution in [0.25, 0.3) is 0 Å². The van der Waals surface area contributed by atoms with Gasteiger partial charge in [0.05, 0.1) is 0 Å². The van der Waals surface area contributed by atoms with Crippen molar-refractivity contribution >= 4 is 11.7 Å². The van der Waals surface area contributed by atoms with Gasteiger partial charge in [-0.05, 0) is 39.8 Å². The average molecular weight is 305 g/mol. The van der Waals surface area contributed by atoms with E-state index in [0.717, 1.165) is 25.3 Å². The van der Waals surface area contributed by atoms with E-state index in [0.29, 0.717) is 18.3 Å². The van der Waals surface area contributed by atoms with Crippen LogP contribution >= 0.6 is 0 Å². The van der Waals surface area contributed by atoms with E-state index in [4.69, 9.17) is 0 Å². The molecule has 1 aromatic rings. The molecule has 1 fully saturated rings. The van der Waals surface area contributed by atoms with Crippen LogP contribution in [0.4, 0.5) is 5.82 Å². The number of aromatic nitrogens is 2. The van der Waals surface area contributed by atoms with Gasteiger partial charge in [-0.3, -0.25) is 4.79 Å². The van der Waals surface area contributed by atoms with Gasteiger partial charge in [-0.15, -0.1) is 0 Å². The first-order chi connectivity index (χ1) is 10.6. The van der Waals surface area contributed by atoms with Gasteiger partial charge < -0.3 is 15.1 Å². The Kier molecular flexibility index (Phi) is 6.12. The Morgan fingerprint density at radius 2 is 2.23 bits per heavy atom. The zero-order valence-electron chi connectivity index (χ0n) is 13.9. The topological polar surface area (TPSA) is 61.4 Å². The van der Waals surface area contributed by atoms with Crippen molar-refractivity contribution in [2.24, 2.45) is 0 Å². The molecule has 6 nitrogen and oxygen atoms in total. The zero-order chi connectivity index (χ0) is 15.9. The first-order valence-corrected chi connectivity index (χ1v) is 8.13. The van der Waals surface area contributed by atoms with Crippen molar-refractivity contribution in [1.29, 1.82) is 0 Å². The van der Waals surface area contributed by atoms with Crippen LogP contribution in [-0.2, 0) is 0 Å². The molecule has 122 valence electrons. The summed E-state index contributed by atoms with van der Waals surface area (Å²) in [5.41, 5.74) is 0.448. The minimum absolute atomic E-state index is 0.129. The summed E-state index contributed by atoms with van der Waals surface area (Å²) in [4.78, 5) is 25.0. The lowest BCUT2D eigenvalue weighted by atomic mass is 10.00. The lowest BCUT2D eigenvalue weighted by Gasteiger charge is -2.36. The second-order valence-corrected chi connectivity index (χ2v) is 6.07. The Bertz CT molecular complexity index is 491. The maximum atomic E-state index is 12.2. The molecule has 1 atom stereocenters. The normalized spacial score (nSPS) is 18.5. The first-order valence-electron chi connectivity index (χ1n) is 8.13. The molecule has 0 bridgehead atoms. The Morgan fingerprint density at radius 3 is 2.95 bits per heavy atom. The number of hydrogen-bond acceptors (Lipinski definition) is 5. The molecule has 0 aliphatic carbocycles. The predicted molar refractivity (Wildman–Crippen MR) is 88.2 cm³/mol. The van der Waals surface area contributed by atoms with Crippen LogP contribution in [0.5, 0.6) is 0 Å². The highest BCUT2D eigenvalue weighted by atomic mass is 16.1. The van der Waals surface area contributed by atoms with Crippen molar-refractivity contribution in [3.05, 3.63) is 18.1 Å². The molecule has 22 heavy (non-hydrogen) atoms. The molecule has 0 radical (unpaired) electrons. The molecular weight excluding hydrogens is 278 g/mol. The molecule has 0 spiro atoms. The minimum Gasteiger partial charge on any atom is -0.354 e. The highest BCUT2D eigenvalue weighted by Crippen LogP contribution is 2.24. The molecular formula is C16H27N5O. The SMILES string of the molecule is CCC1CCCCN1c1cc(C(=O)NCCN(C)C)ncn1. The van der Waals surface area contributed by atoms with Crippen LogP contribution < -0.4 is 10.2 Å². The number of piperidine rings is 1. The smallest absolute Gasteiger partial charge is 0.270 e. The lowest BCUT2D eigenvalue weighted by molar-refractivity contribution is 0.0946. The molecule has 1 aliphatic rings. The Hall–Kier alpha value is -1.69. The van der Waals surface area contributed by atoms with Gasteiger partial charge in [0, 0.05) is 31.7 Å². The molecule has 2 rings (SSSR count). The quantitative estimate of drug-likeness (QED) is 0.864. The number of anilines is 1. The van der Waals surface area contributed by atoms with Crippen molar-refractivity contribution < 1.29 is 4.79 Å². The summed E-state index contributed by atoms with van der Waals surface area (Å²) in [5.74, 6) is 0.745. The Labute approximate surface area is 132 Å². The first kappa shape index (κ1) is 16.7. The average Bonchev–Trinajstić information content (AvgIpc) is 2.54. The highest BCUT2D eigenvalue weighted by molar-refractivity contribution is 5.92. The molecule has 1 amide bonds. The number of rotatable bonds is 6. The van der Waals surface area contributed by atoms with Crippen LogP contribution in [0, 0.1) is 0 Å². The van der Waals surface area contributed by atoms with Crippen molar-refractivity contribution in [3.63, 3.8) is 0 Å². The van der Waals surface area contributed by atoms with E-state index in [-0.39, 0.29) is 5.91 Å². The highest BCUT2D eigenvalue weighted by Gasteiger charge is 2.22. The van der Waals surface area contributed by atoms with Crippen LogP contribution in [0.1, 0.15) is 43.1 Å². The van der Waals surface area contributed by atoms with Gasteiger partial charge in [-0.2, -0.15) is 0 Å². The van der Waals surface area contributed by atoms with Crippen LogP contribution in [0.2, 0.25) is 0 Å². The van der Waals surface area contributed by atoms with Gasteiger partial charge in [-0.25, -0.2) is 9.97 Å². The fourth-order valence-electron chi connectivity index (χ4n) is 2.84. The molecule has 1 aromatic heterocycles. The van der Waals surface area contributed by atoms with E-state index in [1.807, 2.05) is 25.1 Å². The van der Waals surface area contributed by atoms with Crippen molar-refractivity contribution in [3.8, 4) is 0 Å². The Balaban J connectivity index is 2.04. The standard InChI is InChI=1S/C16H27N5O/c1-4-13-7-5-6-9-21(13)15-11-14(18-12-19-15)16(22)17-8-10-20(2)3/h11-13H,4-10H2,1-3H3,(H,17,22). The Morgan fingerprint density at radius 1 is 1.41 bits per heavy atom. The second-order valence-electron chi connectivity index (χ2n) is 6.07. The second kappa shape index (κ2) is 8.08. The third-order valence-corrected chi connectivity index (χ3v) is 4.12. The summed E-state index contributed by atoms with van der Waals surface area (Å²) < 4.78 is 0. The molecule has 0 aromatic carbocycles. The summed E-state index contributed by atoms with van der Waals surface area (Å²) in [5, 5.41) is 2.90. The molecule has 2 heterocycles. The number of carbonyl (C=O) groups is 1. The molecule has 6 heteroatoms. The third kappa shape index (κ3) is 4.40. The minimum atomic E-state index is -0.129. The van der Waals surface area contributed by atoms with Crippen LogP contribution in [-0.4, -0.2) is 60.5 Å². The molecule has 1 N–H and O–H groups in total. The van der Waals surface area contributed by atoms with E-state index >= 15 is 0 Å². The van der Waals surface area contributed by atoms with Crippen LogP contribution in [0.15, 0.2) is 12.4 Å². The third-order valence-electron chi connectivity index (χ3n) is 4.12. The van der Waals surface area contributed by atoms with Crippen molar-refractivity contribution in [2.45, 2.75) is 38.6 Å². The molecule has 1 aliphatic heterocycles. The summed E-state index contributed by atoms with van der Waals surface area (Å²) in [6.07, 6.45) is 6.26. The van der Waals surface area contributed by atoms with E-state index in [9.17, 15) is 4.79 Å². The fourth-order valence-corrected chi connectivity index (χ4v) is 2.84. The molecule has 1 unspecified atom stereocenters. The van der Waals surface area contributed by atoms with Gasteiger partial charge in [0.2, 0.25) is 0 Å². The van der Waals surface area contributed by atoms with Gasteiger partial charge >= 0.3 is 0 Å². The molecule has 1 saturated heterocycles. The van der Waals surface area contributed by atoms with Gasteiger partial charge in [0.1, 0.15) is 17.8 Å². The number of nitrogens with zero attached hydrogens (tertiary/aromatic N) is 4. The number of carbonyl (C=O) groups excluding carboxylic acids is 1. The van der Waals surface area contributed by atoms with Gasteiger partial charge in [-0.1, -0.05) is 6.92 Å². The summed E-state index contributed by atoms with van der Waals surface area (Å²) in [6.45, 7) is 4.65. The van der Waals surface area contributed by atoms with E-state index in [2.05, 4.69) is 27.1 Å². The predicted octanol–water partition coefficient (Wildman–Crippen LogP) is 1.54. The van der Waals surface area contributed by atoms with E-state index in [1.54, 1.807) is 0 Å². The number of amides is 1. The number of nitrogens with one attached hydrogen (secondary N) is 1. The summed E-state index contributed by atoms with van der Waals surface area (Å²) in [6, 6.07) is 2.34. The molecule has 0 saturated carbocycles. The largest absolute Gasteiger partial charge is 0.354 e. The maximum Gasteiger partial charge on any atom is 0.270 e. The number of hydrogen-bond donors (Lipinski definition) is 1. The van der Waals surface area contributed by atoms with E-state index in [1.165, 1.54) is 25.6 Å². The van der Waals surface area contributed by atoms with Gasteiger partial charge in [0.25, 0.3) is 5.91 Å².